The summed E-state index contributed by atoms with van der Waals surface area (Å²) in [6, 6.07) is 4.78. The topological polar surface area (TPSA) is 106 Å². The Bertz CT molecular complexity index is 590. The van der Waals surface area contributed by atoms with Gasteiger partial charge in [0, 0.05) is 19.6 Å². The molecule has 2 saturated carbocycles. The number of hydrogen-bond acceptors (Lipinski definition) is 5. The third kappa shape index (κ3) is 1.22. The molecule has 22 heavy (non-hydrogen) atoms. The van der Waals surface area contributed by atoms with Gasteiger partial charge in [-0.3, -0.25) is 5.73 Å². The molecule has 118 valence electrons. The fourth-order valence-corrected chi connectivity index (χ4v) is 5.34. The van der Waals surface area contributed by atoms with E-state index in [4.69, 9.17) is 15.2 Å². The molecule has 0 aromatic carbocycles. The third-order valence-corrected chi connectivity index (χ3v) is 6.25. The first-order valence-corrected chi connectivity index (χ1v) is 7.92. The molecule has 1 spiro atoms. The van der Waals surface area contributed by atoms with Gasteiger partial charge in [-0.25, -0.2) is 4.99 Å². The van der Waals surface area contributed by atoms with Crippen LogP contribution in [0.5, 0.6) is 0 Å². The molecule has 3 aliphatic rings. The molecular weight excluding hydrogens is 280 g/mol. The Morgan fingerprint density at radius 2 is 1.55 bits per heavy atom. The van der Waals surface area contributed by atoms with Crippen LogP contribution in [-0.2, 0) is 9.47 Å². The van der Waals surface area contributed by atoms with Gasteiger partial charge in [0.15, 0.2) is 10.8 Å². The maximum atomic E-state index is 10.1. The van der Waals surface area contributed by atoms with Crippen molar-refractivity contribution in [3.8, 4) is 12.1 Å². The van der Waals surface area contributed by atoms with Crippen LogP contribution in [0.1, 0.15) is 44.9 Å². The Kier molecular flexibility index (Phi) is 3.25. The average molecular weight is 303 g/mol. The Hall–Kier alpha value is -1.63. The number of nitrogens with zero attached hydrogens (tertiary/aromatic N) is 2. The van der Waals surface area contributed by atoms with Gasteiger partial charge >= 0.3 is 5.91 Å². The van der Waals surface area contributed by atoms with Crippen LogP contribution >= 0.6 is 0 Å². The van der Waals surface area contributed by atoms with Crippen molar-refractivity contribution < 1.29 is 14.5 Å². The first kappa shape index (κ1) is 15.3. The molecule has 6 heteroatoms. The van der Waals surface area contributed by atoms with Crippen molar-refractivity contribution in [3.05, 3.63) is 0 Å². The second kappa shape index (κ2) is 4.68. The smallest absolute Gasteiger partial charge is 0.317 e. The number of hydrogen-bond donors (Lipinski definition) is 2. The standard InChI is InChI=1S/C16H22N4O2/c1-21-16(22-2)15(11-18)13(8-6-4-3-5-7-9-13)14(15,10-17)12(19)20-16/h3-9H2,1-2H3,(H2,19,20)/p+1/t14-,15+/m1/s1. The van der Waals surface area contributed by atoms with Gasteiger partial charge in [-0.15, -0.1) is 0 Å². The van der Waals surface area contributed by atoms with Crippen molar-refractivity contribution in [1.29, 1.82) is 10.5 Å². The molecule has 0 aromatic rings. The Morgan fingerprint density at radius 3 is 2.00 bits per heavy atom. The molecule has 0 radical (unpaired) electrons. The molecule has 0 amide bonds. The number of methoxy groups -OCH3 is 2. The number of nitriles is 2. The van der Waals surface area contributed by atoms with Crippen molar-refractivity contribution in [1.82, 2.24) is 0 Å². The van der Waals surface area contributed by atoms with Gasteiger partial charge in [-0.05, 0) is 12.8 Å². The van der Waals surface area contributed by atoms with Crippen molar-refractivity contribution in [2.45, 2.75) is 50.9 Å². The van der Waals surface area contributed by atoms with Gasteiger partial charge in [0.1, 0.15) is 0 Å². The maximum Gasteiger partial charge on any atom is 0.342 e. The number of rotatable bonds is 2. The highest BCUT2D eigenvalue weighted by Gasteiger charge is 3.02. The van der Waals surface area contributed by atoms with E-state index in [9.17, 15) is 10.5 Å². The molecule has 1 aliphatic heterocycles. The van der Waals surface area contributed by atoms with Gasteiger partial charge in [0.05, 0.1) is 12.1 Å². The van der Waals surface area contributed by atoms with E-state index in [0.717, 1.165) is 38.5 Å². The number of fused-ring (bicyclic) bond motifs is 3. The van der Waals surface area contributed by atoms with Gasteiger partial charge in [0.25, 0.3) is 5.84 Å². The molecule has 2 aliphatic carbocycles. The van der Waals surface area contributed by atoms with E-state index < -0.39 is 22.2 Å². The minimum atomic E-state index is -1.35. The van der Waals surface area contributed by atoms with Gasteiger partial charge < -0.3 is 9.47 Å². The lowest BCUT2D eigenvalue weighted by molar-refractivity contribution is -0.690. The lowest BCUT2D eigenvalue weighted by Gasteiger charge is -2.32. The van der Waals surface area contributed by atoms with Crippen LogP contribution in [-0.4, -0.2) is 26.0 Å². The highest BCUT2D eigenvalue weighted by molar-refractivity contribution is 5.95. The molecule has 3 N–H and O–H groups in total. The molecule has 0 saturated heterocycles. The number of nitrogens with one attached hydrogen (secondary N) is 1. The van der Waals surface area contributed by atoms with Gasteiger partial charge in [0.2, 0.25) is 0 Å². The molecular formula is C16H23N4O2+. The summed E-state index contributed by atoms with van der Waals surface area (Å²) in [6.07, 6.45) is 7.10. The number of ether oxygens (including phenoxy) is 2. The predicted molar refractivity (Wildman–Crippen MR) is 77.8 cm³/mol. The van der Waals surface area contributed by atoms with E-state index in [1.165, 1.54) is 20.6 Å². The summed E-state index contributed by atoms with van der Waals surface area (Å²) < 4.78 is 11.2. The molecule has 2 fully saturated rings. The molecule has 2 atom stereocenters. The largest absolute Gasteiger partial charge is 0.342 e. The highest BCUT2D eigenvalue weighted by Crippen LogP contribution is 2.85. The van der Waals surface area contributed by atoms with E-state index in [2.05, 4.69) is 17.1 Å². The van der Waals surface area contributed by atoms with Crippen LogP contribution in [0.2, 0.25) is 0 Å². The minimum absolute atomic E-state index is 0.320. The molecule has 0 bridgehead atoms. The van der Waals surface area contributed by atoms with Crippen LogP contribution in [0, 0.1) is 38.9 Å². The van der Waals surface area contributed by atoms with E-state index in [1.54, 1.807) is 0 Å². The number of nitrogens with two attached hydrogens (primary N) is 1. The molecule has 1 heterocycles. The van der Waals surface area contributed by atoms with Crippen LogP contribution in [0.4, 0.5) is 0 Å². The van der Waals surface area contributed by atoms with Crippen molar-refractivity contribution >= 4 is 5.84 Å². The first-order chi connectivity index (χ1) is 10.6. The average Bonchev–Trinajstić information content (AvgIpc) is 2.97. The SMILES string of the molecule is COC1(OC)[NH+]=C(N)[C@]2(C#N)C3(CCCCCCC3)[C@]12C#N. The second-order valence-corrected chi connectivity index (χ2v) is 6.64. The molecule has 3 rings (SSSR count). The second-order valence-electron chi connectivity index (χ2n) is 6.64. The summed E-state index contributed by atoms with van der Waals surface area (Å²) in [5.74, 6) is -1.03. The van der Waals surface area contributed by atoms with Crippen molar-refractivity contribution in [2.24, 2.45) is 22.0 Å². The number of amidine groups is 1. The normalized spacial score (nSPS) is 38.1. The lowest BCUT2D eigenvalue weighted by Crippen LogP contribution is -2.91. The monoisotopic (exact) mass is 303 g/mol. The molecule has 6 nitrogen and oxygen atoms in total. The summed E-state index contributed by atoms with van der Waals surface area (Å²) in [5, 5.41) is 20.1. The van der Waals surface area contributed by atoms with Gasteiger partial charge in [-0.2, -0.15) is 10.5 Å². The fourth-order valence-electron chi connectivity index (χ4n) is 5.34. The molecule has 0 unspecified atom stereocenters. The third-order valence-electron chi connectivity index (χ3n) is 6.25. The predicted octanol–water partition coefficient (Wildman–Crippen LogP) is 0.149. The Labute approximate surface area is 130 Å². The lowest BCUT2D eigenvalue weighted by atomic mass is 9.78. The summed E-state index contributed by atoms with van der Waals surface area (Å²) >= 11 is 0. The van der Waals surface area contributed by atoms with Crippen LogP contribution in [0.3, 0.4) is 0 Å². The Balaban J connectivity index is 2.20. The summed E-state index contributed by atoms with van der Waals surface area (Å²) in [4.78, 5) is 2.96. The summed E-state index contributed by atoms with van der Waals surface area (Å²) in [7, 11) is 2.98. The molecule has 0 aromatic heterocycles. The fraction of sp³-hybridized carbons (Fsp3) is 0.812. The van der Waals surface area contributed by atoms with Crippen molar-refractivity contribution in [2.75, 3.05) is 14.2 Å². The zero-order chi connectivity index (χ0) is 16.1. The van der Waals surface area contributed by atoms with E-state index in [1.807, 2.05) is 0 Å². The van der Waals surface area contributed by atoms with Crippen LogP contribution in [0.15, 0.2) is 0 Å². The minimum Gasteiger partial charge on any atom is -0.317 e. The summed E-state index contributed by atoms with van der Waals surface area (Å²) in [6.45, 7) is 0. The van der Waals surface area contributed by atoms with Gasteiger partial charge in [-0.1, -0.05) is 32.1 Å². The Morgan fingerprint density at radius 1 is 1.00 bits per heavy atom. The maximum absolute atomic E-state index is 10.1. The van der Waals surface area contributed by atoms with Crippen LogP contribution in [0.25, 0.3) is 0 Å². The van der Waals surface area contributed by atoms with E-state index in [-0.39, 0.29) is 0 Å². The van der Waals surface area contributed by atoms with E-state index in [0.29, 0.717) is 5.84 Å². The zero-order valence-corrected chi connectivity index (χ0v) is 13.2. The highest BCUT2D eigenvalue weighted by atomic mass is 16.7. The zero-order valence-electron chi connectivity index (χ0n) is 13.2. The van der Waals surface area contributed by atoms with Crippen molar-refractivity contribution in [3.63, 3.8) is 0 Å². The quantitative estimate of drug-likeness (QED) is 0.706. The first-order valence-electron chi connectivity index (χ1n) is 7.92. The van der Waals surface area contributed by atoms with Crippen LogP contribution < -0.4 is 10.7 Å². The summed E-state index contributed by atoms with van der Waals surface area (Å²) in [5.41, 5.74) is 3.62. The van der Waals surface area contributed by atoms with E-state index >= 15 is 0 Å².